The van der Waals surface area contributed by atoms with Crippen molar-refractivity contribution in [3.63, 3.8) is 0 Å². The first kappa shape index (κ1) is 29.5. The van der Waals surface area contributed by atoms with E-state index in [-0.39, 0.29) is 28.9 Å². The van der Waals surface area contributed by atoms with E-state index in [1.807, 2.05) is 13.8 Å². The largest absolute Gasteiger partial charge is 0.489 e. The van der Waals surface area contributed by atoms with Crippen LogP contribution in [0.2, 0.25) is 5.02 Å². The van der Waals surface area contributed by atoms with Crippen LogP contribution >= 0.6 is 11.6 Å². The summed E-state index contributed by atoms with van der Waals surface area (Å²) in [7, 11) is 0. The van der Waals surface area contributed by atoms with E-state index in [2.05, 4.69) is 10.1 Å². The van der Waals surface area contributed by atoms with Crippen LogP contribution < -0.4 is 4.74 Å². The topological polar surface area (TPSA) is 85.5 Å². The minimum absolute atomic E-state index is 0.00951. The van der Waals surface area contributed by atoms with Crippen molar-refractivity contribution in [3.05, 3.63) is 88.4 Å². The van der Waals surface area contributed by atoms with Crippen LogP contribution in [0.25, 0.3) is 22.8 Å². The van der Waals surface area contributed by atoms with Gasteiger partial charge in [0.2, 0.25) is 5.82 Å². The van der Waals surface area contributed by atoms with E-state index >= 15 is 0 Å². The van der Waals surface area contributed by atoms with E-state index < -0.39 is 29.4 Å². The smallest absolute Gasteiger partial charge is 0.416 e. The number of carboxylic acid groups (broad SMARTS) is 1. The summed E-state index contributed by atoms with van der Waals surface area (Å²) in [4.78, 5) is 14.5. The summed E-state index contributed by atoms with van der Waals surface area (Å²) in [5.41, 5.74) is -1.35. The van der Waals surface area contributed by atoms with Crippen LogP contribution in [0.1, 0.15) is 35.3 Å². The number of benzene rings is 3. The fraction of sp³-hybridized carbons (Fsp3) is 0.192. The van der Waals surface area contributed by atoms with Gasteiger partial charge in [-0.25, -0.2) is 4.79 Å². The Kier molecular flexibility index (Phi) is 8.90. The van der Waals surface area contributed by atoms with Crippen LogP contribution in [0, 0.1) is 0 Å². The number of halogens is 7. The van der Waals surface area contributed by atoms with Gasteiger partial charge in [-0.05, 0) is 68.4 Å². The molecule has 13 heteroatoms. The SMILES string of the molecule is CC(C)Oc1ccc(-c2noc(-c3cccc(C(F)(F)F)c3)n2)cc1Cl.O=C(O)c1cccc(C(F)(F)F)c1. The molecule has 0 bridgehead atoms. The second-order valence-electron chi connectivity index (χ2n) is 8.20. The maximum absolute atomic E-state index is 12.8. The normalized spacial score (nSPS) is 11.6. The Labute approximate surface area is 222 Å². The van der Waals surface area contributed by atoms with Crippen LogP contribution in [-0.4, -0.2) is 27.3 Å². The highest BCUT2D eigenvalue weighted by molar-refractivity contribution is 6.32. The molecular weight excluding hydrogens is 554 g/mol. The molecule has 1 N–H and O–H groups in total. The van der Waals surface area contributed by atoms with Gasteiger partial charge in [-0.2, -0.15) is 31.3 Å². The van der Waals surface area contributed by atoms with E-state index in [0.29, 0.717) is 22.4 Å². The van der Waals surface area contributed by atoms with E-state index in [9.17, 15) is 31.1 Å². The van der Waals surface area contributed by atoms with Crippen LogP contribution in [0.3, 0.4) is 0 Å². The molecule has 1 aromatic heterocycles. The van der Waals surface area contributed by atoms with Gasteiger partial charge < -0.3 is 14.4 Å². The van der Waals surface area contributed by atoms with Crippen molar-refractivity contribution in [2.45, 2.75) is 32.3 Å². The number of aromatic carboxylic acids is 1. The molecule has 0 saturated heterocycles. The van der Waals surface area contributed by atoms with Gasteiger partial charge in [0.1, 0.15) is 5.75 Å². The number of alkyl halides is 6. The maximum atomic E-state index is 12.8. The number of carbonyl (C=O) groups is 1. The van der Waals surface area contributed by atoms with Crippen molar-refractivity contribution in [1.82, 2.24) is 10.1 Å². The number of hydrogen-bond donors (Lipinski definition) is 1. The number of aromatic nitrogens is 2. The second-order valence-corrected chi connectivity index (χ2v) is 8.60. The Balaban J connectivity index is 0.000000272. The molecular formula is C26H19ClF6N2O4. The third-order valence-electron chi connectivity index (χ3n) is 4.85. The van der Waals surface area contributed by atoms with Gasteiger partial charge in [-0.3, -0.25) is 0 Å². The lowest BCUT2D eigenvalue weighted by Crippen LogP contribution is -2.06. The molecule has 0 saturated carbocycles. The number of hydrogen-bond acceptors (Lipinski definition) is 5. The Morgan fingerprint density at radius 3 is 2.08 bits per heavy atom. The molecule has 3 aromatic carbocycles. The Hall–Kier alpha value is -4.06. The zero-order valence-electron chi connectivity index (χ0n) is 20.1. The predicted octanol–water partition coefficient (Wildman–Crippen LogP) is 8.27. The highest BCUT2D eigenvalue weighted by atomic mass is 35.5. The zero-order valence-corrected chi connectivity index (χ0v) is 20.9. The summed E-state index contributed by atoms with van der Waals surface area (Å²) in [6, 6.07) is 13.3. The van der Waals surface area contributed by atoms with Crippen molar-refractivity contribution in [3.8, 4) is 28.6 Å². The molecule has 39 heavy (non-hydrogen) atoms. The third kappa shape index (κ3) is 7.96. The minimum Gasteiger partial charge on any atom is -0.489 e. The summed E-state index contributed by atoms with van der Waals surface area (Å²) < 4.78 is 85.3. The highest BCUT2D eigenvalue weighted by Gasteiger charge is 2.31. The Morgan fingerprint density at radius 1 is 0.897 bits per heavy atom. The summed E-state index contributed by atoms with van der Waals surface area (Å²) in [5, 5.41) is 12.6. The second kappa shape index (κ2) is 11.8. The van der Waals surface area contributed by atoms with Crippen molar-refractivity contribution < 1.29 is 45.5 Å². The number of carboxylic acids is 1. The first-order valence-corrected chi connectivity index (χ1v) is 11.4. The van der Waals surface area contributed by atoms with Crippen molar-refractivity contribution in [2.75, 3.05) is 0 Å². The lowest BCUT2D eigenvalue weighted by Gasteiger charge is -2.11. The molecule has 0 aliphatic rings. The molecule has 0 amide bonds. The summed E-state index contributed by atoms with van der Waals surface area (Å²) in [6.07, 6.45) is -8.97. The number of ether oxygens (including phenoxy) is 1. The fourth-order valence-corrected chi connectivity index (χ4v) is 3.33. The molecule has 4 rings (SSSR count). The number of nitrogens with zero attached hydrogens (tertiary/aromatic N) is 2. The van der Waals surface area contributed by atoms with Crippen molar-refractivity contribution >= 4 is 17.6 Å². The zero-order chi connectivity index (χ0) is 29.0. The molecule has 0 aliphatic carbocycles. The molecule has 1 heterocycles. The number of rotatable bonds is 5. The molecule has 0 unspecified atom stereocenters. The van der Waals surface area contributed by atoms with Crippen LogP contribution in [0.4, 0.5) is 26.3 Å². The Bertz CT molecular complexity index is 1450. The average Bonchev–Trinajstić information content (AvgIpc) is 3.35. The molecule has 0 fully saturated rings. The van der Waals surface area contributed by atoms with Gasteiger partial charge in [-0.15, -0.1) is 0 Å². The van der Waals surface area contributed by atoms with Crippen molar-refractivity contribution in [2.24, 2.45) is 0 Å². The summed E-state index contributed by atoms with van der Waals surface area (Å²) >= 11 is 6.18. The van der Waals surface area contributed by atoms with Crippen LogP contribution in [0.15, 0.2) is 71.3 Å². The summed E-state index contributed by atoms with van der Waals surface area (Å²) in [5.74, 6) is -0.641. The molecule has 206 valence electrons. The maximum Gasteiger partial charge on any atom is 0.416 e. The van der Waals surface area contributed by atoms with Gasteiger partial charge in [-0.1, -0.05) is 28.9 Å². The minimum atomic E-state index is -4.49. The lowest BCUT2D eigenvalue weighted by molar-refractivity contribution is -0.138. The van der Waals surface area contributed by atoms with Crippen LogP contribution in [0.5, 0.6) is 5.75 Å². The summed E-state index contributed by atoms with van der Waals surface area (Å²) in [6.45, 7) is 3.76. The van der Waals surface area contributed by atoms with Gasteiger partial charge in [0.15, 0.2) is 0 Å². The molecule has 6 nitrogen and oxygen atoms in total. The predicted molar refractivity (Wildman–Crippen MR) is 129 cm³/mol. The van der Waals surface area contributed by atoms with E-state index in [0.717, 1.165) is 30.3 Å². The lowest BCUT2D eigenvalue weighted by atomic mass is 10.1. The first-order valence-electron chi connectivity index (χ1n) is 11.0. The van der Waals surface area contributed by atoms with Crippen molar-refractivity contribution in [1.29, 1.82) is 0 Å². The quantitative estimate of drug-likeness (QED) is 0.242. The molecule has 0 spiro atoms. The van der Waals surface area contributed by atoms with Gasteiger partial charge >= 0.3 is 18.3 Å². The monoisotopic (exact) mass is 572 g/mol. The van der Waals surface area contributed by atoms with Gasteiger partial charge in [0.25, 0.3) is 5.89 Å². The van der Waals surface area contributed by atoms with Crippen LogP contribution in [-0.2, 0) is 12.4 Å². The molecule has 4 aromatic rings. The van der Waals surface area contributed by atoms with E-state index in [1.165, 1.54) is 12.1 Å². The van der Waals surface area contributed by atoms with E-state index in [4.69, 9.17) is 26.0 Å². The van der Waals surface area contributed by atoms with E-state index in [1.54, 1.807) is 18.2 Å². The fourth-order valence-electron chi connectivity index (χ4n) is 3.10. The molecule has 0 atom stereocenters. The molecule has 0 aliphatic heterocycles. The standard InChI is InChI=1S/C18H14ClF3N2O2.C8H5F3O2/c1-10(2)25-15-7-6-11(9-14(15)19)16-23-17(26-24-16)12-4-3-5-13(8-12)18(20,21)22;9-8(10,11)6-3-1-2-5(4-6)7(12)13/h3-10H,1-2H3;1-4H,(H,12,13). The average molecular weight is 573 g/mol. The third-order valence-corrected chi connectivity index (χ3v) is 5.15. The van der Waals surface area contributed by atoms with Gasteiger partial charge in [0, 0.05) is 11.1 Å². The van der Waals surface area contributed by atoms with Gasteiger partial charge in [0.05, 0.1) is 27.8 Å². The Morgan fingerprint density at radius 2 is 1.51 bits per heavy atom. The highest BCUT2D eigenvalue weighted by Crippen LogP contribution is 2.34. The molecule has 0 radical (unpaired) electrons. The first-order chi connectivity index (χ1) is 18.1.